The summed E-state index contributed by atoms with van der Waals surface area (Å²) >= 11 is 0. The first kappa shape index (κ1) is 25.7. The van der Waals surface area contributed by atoms with Crippen LogP contribution in [0.5, 0.6) is 5.75 Å². The van der Waals surface area contributed by atoms with Crippen molar-refractivity contribution in [3.8, 4) is 5.75 Å². The van der Waals surface area contributed by atoms with Crippen molar-refractivity contribution in [3.05, 3.63) is 125 Å². The summed E-state index contributed by atoms with van der Waals surface area (Å²) in [7, 11) is 0. The normalized spacial score (nSPS) is 25.0. The molecule has 0 aromatic heterocycles. The molecule has 2 bridgehead atoms. The molecule has 2 saturated heterocycles. The van der Waals surface area contributed by atoms with E-state index in [0.29, 0.717) is 11.4 Å². The van der Waals surface area contributed by atoms with E-state index in [1.807, 2.05) is 55.5 Å². The van der Waals surface area contributed by atoms with E-state index in [-0.39, 0.29) is 42.5 Å². The predicted octanol–water partition coefficient (Wildman–Crippen LogP) is 5.35. The summed E-state index contributed by atoms with van der Waals surface area (Å²) in [4.78, 5) is 56.6. The summed E-state index contributed by atoms with van der Waals surface area (Å²) in [5.74, 6) is -2.54. The minimum Gasteiger partial charge on any atom is -0.426 e. The van der Waals surface area contributed by atoms with Crippen LogP contribution >= 0.6 is 0 Å². The molecule has 4 aromatic rings. The Balaban J connectivity index is 1.02. The Morgan fingerprint density at radius 1 is 0.698 bits per heavy atom. The first-order chi connectivity index (χ1) is 20.9. The molecule has 0 unspecified atom stereocenters. The Hall–Kier alpha value is -5.04. The number of rotatable bonds is 4. The number of amides is 3. The van der Waals surface area contributed by atoms with Gasteiger partial charge in [0.1, 0.15) is 5.75 Å². The molecule has 0 spiro atoms. The summed E-state index contributed by atoms with van der Waals surface area (Å²) < 4.78 is 5.65. The Bertz CT molecular complexity index is 1730. The topological polar surface area (TPSA) is 84.0 Å². The van der Waals surface area contributed by atoms with E-state index in [1.54, 1.807) is 29.2 Å². The predicted molar refractivity (Wildman–Crippen MR) is 160 cm³/mol. The number of aryl methyl sites for hydroxylation is 1. The zero-order valence-corrected chi connectivity index (χ0v) is 23.5. The number of hydrogen-bond acceptors (Lipinski definition) is 5. The number of ether oxygens (including phenoxy) is 1. The molecule has 0 radical (unpaired) electrons. The maximum Gasteiger partial charge on any atom is 0.316 e. The van der Waals surface area contributed by atoms with E-state index in [4.69, 9.17) is 4.74 Å². The lowest BCUT2D eigenvalue weighted by Crippen LogP contribution is -2.41. The van der Waals surface area contributed by atoms with Crippen LogP contribution in [0.4, 0.5) is 11.4 Å². The third-order valence-corrected chi connectivity index (χ3v) is 9.63. The van der Waals surface area contributed by atoms with E-state index in [2.05, 4.69) is 24.3 Å². The van der Waals surface area contributed by atoms with Crippen molar-refractivity contribution in [2.24, 2.45) is 17.8 Å². The molecule has 212 valence electrons. The van der Waals surface area contributed by atoms with E-state index in [1.165, 1.54) is 4.90 Å². The highest BCUT2D eigenvalue weighted by atomic mass is 16.5. The highest BCUT2D eigenvalue weighted by molar-refractivity contribution is 6.23. The van der Waals surface area contributed by atoms with Crippen LogP contribution in [0.2, 0.25) is 0 Å². The number of carbonyl (C=O) groups excluding carboxylic acids is 4. The molecular weight excluding hydrogens is 540 g/mol. The molecule has 2 fully saturated rings. The Morgan fingerprint density at radius 3 is 1.74 bits per heavy atom. The lowest BCUT2D eigenvalue weighted by atomic mass is 9.55. The smallest absolute Gasteiger partial charge is 0.316 e. The number of hydrogen-bond donors (Lipinski definition) is 0. The van der Waals surface area contributed by atoms with Gasteiger partial charge in [-0.05, 0) is 65.1 Å². The summed E-state index contributed by atoms with van der Waals surface area (Å²) in [5, 5.41) is 0. The SMILES string of the molecule is Cc1ccccc1N1C[C@@H](C(=O)Oc2ccc(N3C(=O)[C@@H]4C5c6ccccc6C(c6ccccc65)[C@@H]4C3=O)cc2)CC1=O. The quantitative estimate of drug-likeness (QED) is 0.188. The molecule has 7 heteroatoms. The van der Waals surface area contributed by atoms with Gasteiger partial charge in [0, 0.05) is 30.5 Å². The standard InChI is InChI=1S/C36H28N2O5/c1-20-8-2-7-13-28(20)37-19-21(18-29(37)39)36(42)43-23-16-14-22(15-17-23)38-34(40)32-30-24-9-3-4-10-25(24)31(33(32)35(38)41)27-12-6-5-11-26(27)30/h2-17,21,30-33H,18-19H2,1H3/t21-,30?,31?,32-,33+/m0/s1. The minimum atomic E-state index is -0.588. The molecule has 0 saturated carbocycles. The second kappa shape index (κ2) is 9.49. The molecule has 3 atom stereocenters. The molecule has 0 N–H and O–H groups in total. The number of imide groups is 1. The fraction of sp³-hybridized carbons (Fsp3) is 0.222. The van der Waals surface area contributed by atoms with Gasteiger partial charge in [0.05, 0.1) is 23.4 Å². The molecule has 2 aliphatic heterocycles. The summed E-state index contributed by atoms with van der Waals surface area (Å²) in [6.07, 6.45) is 0.0813. The average molecular weight is 569 g/mol. The lowest BCUT2D eigenvalue weighted by Gasteiger charge is -2.45. The largest absolute Gasteiger partial charge is 0.426 e. The Kier molecular flexibility index (Phi) is 5.66. The van der Waals surface area contributed by atoms with Gasteiger partial charge in [-0.25, -0.2) is 4.90 Å². The van der Waals surface area contributed by atoms with Gasteiger partial charge in [0.15, 0.2) is 0 Å². The van der Waals surface area contributed by atoms with Crippen LogP contribution in [0.25, 0.3) is 0 Å². The van der Waals surface area contributed by atoms with Crippen molar-refractivity contribution in [1.82, 2.24) is 0 Å². The van der Waals surface area contributed by atoms with Crippen molar-refractivity contribution in [2.75, 3.05) is 16.3 Å². The minimum absolute atomic E-state index is 0.0813. The second-order valence-electron chi connectivity index (χ2n) is 11.9. The maximum absolute atomic E-state index is 14.0. The molecular formula is C36H28N2O5. The second-order valence-corrected chi connectivity index (χ2v) is 11.9. The molecule has 7 nitrogen and oxygen atoms in total. The summed E-state index contributed by atoms with van der Waals surface area (Å²) in [6, 6.07) is 30.4. The Labute approximate surface area is 248 Å². The summed E-state index contributed by atoms with van der Waals surface area (Å²) in [6.45, 7) is 2.19. The van der Waals surface area contributed by atoms with Gasteiger partial charge >= 0.3 is 5.97 Å². The van der Waals surface area contributed by atoms with Crippen LogP contribution in [-0.2, 0) is 19.2 Å². The molecule has 9 rings (SSSR count). The van der Waals surface area contributed by atoms with Crippen molar-refractivity contribution >= 4 is 35.1 Å². The highest BCUT2D eigenvalue weighted by Gasteiger charge is 2.61. The van der Waals surface area contributed by atoms with E-state index in [9.17, 15) is 19.2 Å². The van der Waals surface area contributed by atoms with Gasteiger partial charge < -0.3 is 9.64 Å². The molecule has 2 heterocycles. The van der Waals surface area contributed by atoms with Gasteiger partial charge in [-0.2, -0.15) is 0 Å². The van der Waals surface area contributed by atoms with Crippen LogP contribution in [0.1, 0.15) is 46.1 Å². The first-order valence-electron chi connectivity index (χ1n) is 14.7. The van der Waals surface area contributed by atoms with E-state index >= 15 is 0 Å². The average Bonchev–Trinajstić information content (AvgIpc) is 3.54. The van der Waals surface area contributed by atoms with E-state index in [0.717, 1.165) is 33.5 Å². The number of anilines is 2. The maximum atomic E-state index is 14.0. The zero-order chi connectivity index (χ0) is 29.4. The van der Waals surface area contributed by atoms with Crippen LogP contribution in [0.15, 0.2) is 97.1 Å². The van der Waals surface area contributed by atoms with Crippen molar-refractivity contribution in [2.45, 2.75) is 25.2 Å². The fourth-order valence-electron chi connectivity index (χ4n) is 7.76. The van der Waals surface area contributed by atoms with Gasteiger partial charge in [-0.15, -0.1) is 0 Å². The molecule has 5 aliphatic rings. The van der Waals surface area contributed by atoms with Crippen LogP contribution in [0.3, 0.4) is 0 Å². The number of carbonyl (C=O) groups is 4. The van der Waals surface area contributed by atoms with Gasteiger partial charge in [-0.3, -0.25) is 19.2 Å². The Morgan fingerprint density at radius 2 is 1.21 bits per heavy atom. The lowest BCUT2D eigenvalue weighted by molar-refractivity contribution is -0.139. The fourth-order valence-corrected chi connectivity index (χ4v) is 7.76. The summed E-state index contributed by atoms with van der Waals surface area (Å²) in [5.41, 5.74) is 6.74. The van der Waals surface area contributed by atoms with Crippen LogP contribution < -0.4 is 14.5 Å². The number of esters is 1. The van der Waals surface area contributed by atoms with Crippen LogP contribution in [0, 0.1) is 24.7 Å². The molecule has 3 aliphatic carbocycles. The van der Waals surface area contributed by atoms with Gasteiger partial charge in [0.2, 0.25) is 17.7 Å². The molecule has 4 aromatic carbocycles. The molecule has 43 heavy (non-hydrogen) atoms. The third-order valence-electron chi connectivity index (χ3n) is 9.63. The monoisotopic (exact) mass is 568 g/mol. The zero-order valence-electron chi connectivity index (χ0n) is 23.5. The van der Waals surface area contributed by atoms with E-state index < -0.39 is 23.7 Å². The molecule has 3 amide bonds. The van der Waals surface area contributed by atoms with Gasteiger partial charge in [-0.1, -0.05) is 66.7 Å². The van der Waals surface area contributed by atoms with Crippen molar-refractivity contribution in [1.29, 1.82) is 0 Å². The third kappa shape index (κ3) is 3.74. The number of nitrogens with zero attached hydrogens (tertiary/aromatic N) is 2. The van der Waals surface area contributed by atoms with Crippen molar-refractivity contribution < 1.29 is 23.9 Å². The highest BCUT2D eigenvalue weighted by Crippen LogP contribution is 2.61. The van der Waals surface area contributed by atoms with Crippen molar-refractivity contribution in [3.63, 3.8) is 0 Å². The number of para-hydroxylation sites is 1. The first-order valence-corrected chi connectivity index (χ1v) is 14.7. The number of benzene rings is 4. The van der Waals surface area contributed by atoms with Gasteiger partial charge in [0.25, 0.3) is 0 Å². The van der Waals surface area contributed by atoms with Crippen LogP contribution in [-0.4, -0.2) is 30.2 Å².